The molecular formula is C27H34F3N5O2. The van der Waals surface area contributed by atoms with Crippen LogP contribution in [0.3, 0.4) is 0 Å². The number of halogens is 3. The van der Waals surface area contributed by atoms with E-state index >= 15 is 0 Å². The molecule has 0 aliphatic carbocycles. The summed E-state index contributed by atoms with van der Waals surface area (Å²) in [5, 5.41) is 4.56. The maximum atomic E-state index is 14.7. The van der Waals surface area contributed by atoms with Crippen LogP contribution in [-0.2, 0) is 16.1 Å². The molecule has 1 aromatic heterocycles. The Kier molecular flexibility index (Phi) is 9.45. The number of hydrogen-bond acceptors (Lipinski definition) is 5. The Morgan fingerprint density at radius 3 is 2.49 bits per heavy atom. The van der Waals surface area contributed by atoms with Crippen molar-refractivity contribution in [1.29, 1.82) is 0 Å². The molecular weight excluding hydrogens is 483 g/mol. The van der Waals surface area contributed by atoms with Crippen molar-refractivity contribution in [2.75, 3.05) is 26.9 Å². The number of nitrogens with zero attached hydrogens (tertiary/aromatic N) is 4. The van der Waals surface area contributed by atoms with Crippen LogP contribution in [0.15, 0.2) is 48.5 Å². The highest BCUT2D eigenvalue weighted by molar-refractivity contribution is 5.78. The Hall–Kier alpha value is -3.24. The van der Waals surface area contributed by atoms with Crippen molar-refractivity contribution in [3.8, 4) is 11.4 Å². The fourth-order valence-electron chi connectivity index (χ4n) is 4.19. The van der Waals surface area contributed by atoms with Gasteiger partial charge in [0.1, 0.15) is 24.9 Å². The van der Waals surface area contributed by atoms with Gasteiger partial charge in [0, 0.05) is 19.7 Å². The molecule has 10 heteroatoms. The number of methoxy groups -OCH3 is 1. The topological polar surface area (TPSA) is 86.3 Å². The number of hydrogen-bond donors (Lipinski definition) is 1. The Morgan fingerprint density at radius 1 is 1.16 bits per heavy atom. The van der Waals surface area contributed by atoms with Crippen LogP contribution in [0, 0.1) is 17.0 Å². The summed E-state index contributed by atoms with van der Waals surface area (Å²) in [5.41, 5.74) is 6.07. The van der Waals surface area contributed by atoms with E-state index in [0.29, 0.717) is 5.82 Å². The zero-order valence-electron chi connectivity index (χ0n) is 21.6. The molecule has 1 unspecified atom stereocenters. The number of nitrogens with two attached hydrogens (primary N) is 1. The third kappa shape index (κ3) is 7.17. The molecule has 200 valence electrons. The molecule has 0 saturated carbocycles. The van der Waals surface area contributed by atoms with Crippen LogP contribution in [0.1, 0.15) is 44.6 Å². The summed E-state index contributed by atoms with van der Waals surface area (Å²) in [6.45, 7) is 5.31. The molecule has 7 nitrogen and oxygen atoms in total. The molecule has 1 amide bonds. The van der Waals surface area contributed by atoms with Gasteiger partial charge in [-0.2, -0.15) is 5.10 Å². The maximum Gasteiger partial charge on any atom is 0.249 e. The van der Waals surface area contributed by atoms with Gasteiger partial charge in [0.25, 0.3) is 0 Å². The Morgan fingerprint density at radius 2 is 1.86 bits per heavy atom. The van der Waals surface area contributed by atoms with Crippen LogP contribution in [0.5, 0.6) is 0 Å². The number of ether oxygens (including phenoxy) is 1. The summed E-state index contributed by atoms with van der Waals surface area (Å²) in [6, 6.07) is 11.2. The fourth-order valence-corrected chi connectivity index (χ4v) is 4.19. The van der Waals surface area contributed by atoms with Crippen LogP contribution in [0.25, 0.3) is 11.4 Å². The van der Waals surface area contributed by atoms with E-state index in [2.05, 4.69) is 10.1 Å². The maximum absolute atomic E-state index is 14.7. The van der Waals surface area contributed by atoms with Gasteiger partial charge in [-0.05, 0) is 35.6 Å². The van der Waals surface area contributed by atoms with Crippen LogP contribution < -0.4 is 5.73 Å². The van der Waals surface area contributed by atoms with Gasteiger partial charge in [-0.3, -0.25) is 4.79 Å². The van der Waals surface area contributed by atoms with E-state index in [1.54, 1.807) is 9.58 Å². The van der Waals surface area contributed by atoms with Gasteiger partial charge in [-0.1, -0.05) is 51.1 Å². The quantitative estimate of drug-likeness (QED) is 0.404. The smallest absolute Gasteiger partial charge is 0.249 e. The van der Waals surface area contributed by atoms with Crippen molar-refractivity contribution in [2.45, 2.75) is 45.8 Å². The lowest BCUT2D eigenvalue weighted by Gasteiger charge is -2.40. The molecule has 0 bridgehead atoms. The third-order valence-electron chi connectivity index (χ3n) is 5.95. The van der Waals surface area contributed by atoms with Crippen LogP contribution in [0.2, 0.25) is 0 Å². The molecule has 3 rings (SSSR count). The average molecular weight is 518 g/mol. The standard InChI is InChI=1S/C27H34F3N5O2/c1-27(2,3)24(34(23(36)17-37-4)13-12-20(31)15-28)26-32-25(21-14-19(29)10-11-22(21)30)33-35(26)16-18-8-6-5-7-9-18/h5-11,14,20,24H,12-13,15-17,31H2,1-4H3/t20?,24-/m0/s1. The van der Waals surface area contributed by atoms with E-state index in [1.807, 2.05) is 51.1 Å². The molecule has 0 aliphatic heterocycles. The SMILES string of the molecule is COCC(=O)N(CCC(N)CF)[C@@H](c1nc(-c2cc(F)ccc2F)nn1Cc1ccccc1)C(C)(C)C. The van der Waals surface area contributed by atoms with Crippen LogP contribution >= 0.6 is 0 Å². The lowest BCUT2D eigenvalue weighted by atomic mass is 9.84. The van der Waals surface area contributed by atoms with E-state index in [1.165, 1.54) is 7.11 Å². The molecule has 0 fully saturated rings. The van der Waals surface area contributed by atoms with E-state index < -0.39 is 35.8 Å². The van der Waals surface area contributed by atoms with Gasteiger partial charge in [-0.25, -0.2) is 22.8 Å². The molecule has 37 heavy (non-hydrogen) atoms. The molecule has 2 atom stereocenters. The summed E-state index contributed by atoms with van der Waals surface area (Å²) in [5.74, 6) is -1.24. The first-order valence-corrected chi connectivity index (χ1v) is 12.1. The minimum Gasteiger partial charge on any atom is -0.375 e. The summed E-state index contributed by atoms with van der Waals surface area (Å²) in [6.07, 6.45) is 0.219. The second-order valence-corrected chi connectivity index (χ2v) is 10.1. The first-order valence-electron chi connectivity index (χ1n) is 12.1. The molecule has 1 heterocycles. The minimum atomic E-state index is -0.738. The van der Waals surface area contributed by atoms with E-state index in [4.69, 9.17) is 10.5 Å². The Balaban J connectivity index is 2.19. The van der Waals surface area contributed by atoms with Gasteiger partial charge in [-0.15, -0.1) is 0 Å². The van der Waals surface area contributed by atoms with Crippen molar-refractivity contribution < 1.29 is 22.7 Å². The number of carbonyl (C=O) groups is 1. The summed E-state index contributed by atoms with van der Waals surface area (Å²) < 4.78 is 48.6. The molecule has 0 aliphatic rings. The summed E-state index contributed by atoms with van der Waals surface area (Å²) in [7, 11) is 1.41. The average Bonchev–Trinajstić information content (AvgIpc) is 3.25. The number of benzene rings is 2. The zero-order valence-corrected chi connectivity index (χ0v) is 21.6. The van der Waals surface area contributed by atoms with Crippen molar-refractivity contribution in [2.24, 2.45) is 11.1 Å². The first-order chi connectivity index (χ1) is 17.5. The predicted molar refractivity (Wildman–Crippen MR) is 135 cm³/mol. The first kappa shape index (κ1) is 28.3. The van der Waals surface area contributed by atoms with E-state index in [9.17, 15) is 18.0 Å². The normalized spacial score (nSPS) is 13.4. The highest BCUT2D eigenvalue weighted by atomic mass is 19.1. The predicted octanol–water partition coefficient (Wildman–Crippen LogP) is 4.52. The van der Waals surface area contributed by atoms with Gasteiger partial charge >= 0.3 is 0 Å². The lowest BCUT2D eigenvalue weighted by molar-refractivity contribution is -0.140. The van der Waals surface area contributed by atoms with Gasteiger partial charge in [0.05, 0.1) is 18.2 Å². The van der Waals surface area contributed by atoms with Gasteiger partial charge in [0.2, 0.25) is 5.91 Å². The molecule has 2 N–H and O–H groups in total. The molecule has 3 aromatic rings. The van der Waals surface area contributed by atoms with E-state index in [-0.39, 0.29) is 43.4 Å². The highest BCUT2D eigenvalue weighted by Gasteiger charge is 2.39. The second kappa shape index (κ2) is 12.3. The van der Waals surface area contributed by atoms with Gasteiger partial charge < -0.3 is 15.4 Å². The number of aromatic nitrogens is 3. The number of amides is 1. The van der Waals surface area contributed by atoms with Crippen LogP contribution in [0.4, 0.5) is 13.2 Å². The van der Waals surface area contributed by atoms with Crippen molar-refractivity contribution in [3.63, 3.8) is 0 Å². The number of alkyl halides is 1. The van der Waals surface area contributed by atoms with Crippen molar-refractivity contribution in [3.05, 3.63) is 71.6 Å². The van der Waals surface area contributed by atoms with Crippen molar-refractivity contribution in [1.82, 2.24) is 19.7 Å². The Bertz CT molecular complexity index is 1180. The highest BCUT2D eigenvalue weighted by Crippen LogP contribution is 2.39. The van der Waals surface area contributed by atoms with Crippen LogP contribution in [-0.4, -0.2) is 58.5 Å². The second-order valence-electron chi connectivity index (χ2n) is 10.1. The molecule has 2 aromatic carbocycles. The largest absolute Gasteiger partial charge is 0.375 e. The van der Waals surface area contributed by atoms with E-state index in [0.717, 1.165) is 23.8 Å². The molecule has 0 spiro atoms. The fraction of sp³-hybridized carbons (Fsp3) is 0.444. The lowest BCUT2D eigenvalue weighted by Crippen LogP contribution is -2.46. The van der Waals surface area contributed by atoms with Crippen molar-refractivity contribution >= 4 is 5.91 Å². The number of rotatable bonds is 11. The molecule has 0 saturated heterocycles. The monoisotopic (exact) mass is 517 g/mol. The zero-order chi connectivity index (χ0) is 27.2. The molecule has 0 radical (unpaired) electrons. The summed E-state index contributed by atoms with van der Waals surface area (Å²) in [4.78, 5) is 19.5. The Labute approximate surface area is 215 Å². The number of carbonyl (C=O) groups excluding carboxylic acids is 1. The van der Waals surface area contributed by atoms with Gasteiger partial charge in [0.15, 0.2) is 11.6 Å². The third-order valence-corrected chi connectivity index (χ3v) is 5.95. The summed E-state index contributed by atoms with van der Waals surface area (Å²) >= 11 is 0. The minimum absolute atomic E-state index is 0.00298.